The highest BCUT2D eigenvalue weighted by Gasteiger charge is 1.95. The molecule has 94 valence electrons. The van der Waals surface area contributed by atoms with Crippen LogP contribution in [0.5, 0.6) is 0 Å². The van der Waals surface area contributed by atoms with E-state index in [0.717, 1.165) is 12.8 Å². The Balaban J connectivity index is 3.03. The van der Waals surface area contributed by atoms with Crippen molar-refractivity contribution in [1.82, 2.24) is 0 Å². The third kappa shape index (κ3) is 13.2. The van der Waals surface area contributed by atoms with Gasteiger partial charge in [0.15, 0.2) is 0 Å². The molecule has 0 unspecified atom stereocenters. The molecule has 0 aliphatic rings. The van der Waals surface area contributed by atoms with Gasteiger partial charge < -0.3 is 5.11 Å². The molecule has 0 aromatic heterocycles. The van der Waals surface area contributed by atoms with Gasteiger partial charge >= 0.3 is 5.97 Å². The van der Waals surface area contributed by atoms with Crippen molar-refractivity contribution in [3.05, 3.63) is 12.2 Å². The number of rotatable bonds is 11. The molecule has 0 aliphatic carbocycles. The number of carbonyl (C=O) groups is 1. The second-order valence-corrected chi connectivity index (χ2v) is 4.31. The Bertz CT molecular complexity index is 185. The number of carboxylic acids is 1. The maximum absolute atomic E-state index is 10.3. The zero-order valence-corrected chi connectivity index (χ0v) is 10.6. The molecule has 0 rings (SSSR count). The summed E-state index contributed by atoms with van der Waals surface area (Å²) in [5.74, 6) is -0.668. The van der Waals surface area contributed by atoms with Crippen LogP contribution in [0.2, 0.25) is 0 Å². The highest BCUT2D eigenvalue weighted by Crippen LogP contribution is 2.08. The average molecular weight is 226 g/mol. The monoisotopic (exact) mass is 226 g/mol. The molecule has 0 saturated heterocycles. The summed E-state index contributed by atoms with van der Waals surface area (Å²) in [4.78, 5) is 10.3. The molecule has 0 aromatic rings. The van der Waals surface area contributed by atoms with Crippen LogP contribution in [-0.2, 0) is 4.79 Å². The molecule has 2 nitrogen and oxygen atoms in total. The molecule has 0 saturated carbocycles. The third-order valence-corrected chi connectivity index (χ3v) is 2.65. The van der Waals surface area contributed by atoms with Gasteiger partial charge in [-0.25, -0.2) is 0 Å². The van der Waals surface area contributed by atoms with Gasteiger partial charge in [-0.2, -0.15) is 0 Å². The quantitative estimate of drug-likeness (QED) is 0.414. The minimum Gasteiger partial charge on any atom is -0.481 e. The molecule has 0 amide bonds. The predicted octanol–water partition coefficient (Wildman–Crippen LogP) is 4.55. The van der Waals surface area contributed by atoms with Crippen molar-refractivity contribution >= 4 is 5.97 Å². The zero-order valence-electron chi connectivity index (χ0n) is 10.6. The van der Waals surface area contributed by atoms with Crippen LogP contribution in [0.15, 0.2) is 12.2 Å². The van der Waals surface area contributed by atoms with E-state index >= 15 is 0 Å². The molecule has 0 aliphatic heterocycles. The van der Waals surface area contributed by atoms with Crippen LogP contribution in [0.4, 0.5) is 0 Å². The largest absolute Gasteiger partial charge is 0.481 e. The van der Waals surface area contributed by atoms with E-state index in [-0.39, 0.29) is 0 Å². The summed E-state index contributed by atoms with van der Waals surface area (Å²) in [5, 5.41) is 8.45. The van der Waals surface area contributed by atoms with Crippen LogP contribution >= 0.6 is 0 Å². The molecule has 0 fully saturated rings. The maximum atomic E-state index is 10.3. The Morgan fingerprint density at radius 2 is 1.50 bits per heavy atom. The first kappa shape index (κ1) is 15.2. The van der Waals surface area contributed by atoms with Gasteiger partial charge in [0.05, 0.1) is 0 Å². The van der Waals surface area contributed by atoms with E-state index in [2.05, 4.69) is 19.1 Å². The summed E-state index contributed by atoms with van der Waals surface area (Å²) >= 11 is 0. The van der Waals surface area contributed by atoms with Crippen molar-refractivity contribution in [1.29, 1.82) is 0 Å². The van der Waals surface area contributed by atoms with Crippen LogP contribution < -0.4 is 0 Å². The van der Waals surface area contributed by atoms with Crippen molar-refractivity contribution in [2.75, 3.05) is 0 Å². The normalized spacial score (nSPS) is 11.1. The molecule has 0 radical (unpaired) electrons. The number of unbranched alkanes of at least 4 members (excludes halogenated alkanes) is 7. The van der Waals surface area contributed by atoms with Crippen molar-refractivity contribution in [3.63, 3.8) is 0 Å². The molecule has 0 bridgehead atoms. The van der Waals surface area contributed by atoms with Crippen LogP contribution in [-0.4, -0.2) is 11.1 Å². The number of aliphatic carboxylic acids is 1. The van der Waals surface area contributed by atoms with E-state index in [1.165, 1.54) is 44.9 Å². The fraction of sp³-hybridized carbons (Fsp3) is 0.786. The summed E-state index contributed by atoms with van der Waals surface area (Å²) < 4.78 is 0. The molecule has 16 heavy (non-hydrogen) atoms. The lowest BCUT2D eigenvalue weighted by molar-refractivity contribution is -0.137. The Morgan fingerprint density at radius 1 is 0.938 bits per heavy atom. The molecule has 0 aromatic carbocycles. The minimum absolute atomic E-state index is 0.330. The minimum atomic E-state index is -0.668. The van der Waals surface area contributed by atoms with Gasteiger partial charge in [0.1, 0.15) is 0 Å². The maximum Gasteiger partial charge on any atom is 0.303 e. The number of allylic oxidation sites excluding steroid dienone is 2. The zero-order chi connectivity index (χ0) is 12.1. The standard InChI is InChI=1S/C14H26O2/c1-2-3-4-5-6-7-8-9-10-11-12-13-14(15)16/h5-6H,2-4,7-13H2,1H3,(H,15,16)/b6-5-. The fourth-order valence-corrected chi connectivity index (χ4v) is 1.63. The van der Waals surface area contributed by atoms with Gasteiger partial charge in [0.25, 0.3) is 0 Å². The van der Waals surface area contributed by atoms with Crippen LogP contribution in [0.3, 0.4) is 0 Å². The van der Waals surface area contributed by atoms with Crippen LogP contribution in [0, 0.1) is 0 Å². The van der Waals surface area contributed by atoms with Crippen LogP contribution in [0.25, 0.3) is 0 Å². The summed E-state index contributed by atoms with van der Waals surface area (Å²) in [6, 6.07) is 0. The highest BCUT2D eigenvalue weighted by atomic mass is 16.4. The van der Waals surface area contributed by atoms with Gasteiger partial charge in [-0.05, 0) is 25.7 Å². The number of hydrogen-bond donors (Lipinski definition) is 1. The molecule has 0 atom stereocenters. The second-order valence-electron chi connectivity index (χ2n) is 4.31. The Kier molecular flexibility index (Phi) is 11.7. The summed E-state index contributed by atoms with van der Waals surface area (Å²) in [5.41, 5.74) is 0. The SMILES string of the molecule is CCCC/C=C\CCCCCCCC(=O)O. The van der Waals surface area contributed by atoms with Crippen molar-refractivity contribution in [3.8, 4) is 0 Å². The van der Waals surface area contributed by atoms with Gasteiger partial charge in [-0.3, -0.25) is 4.79 Å². The summed E-state index contributed by atoms with van der Waals surface area (Å²) in [7, 11) is 0. The smallest absolute Gasteiger partial charge is 0.303 e. The number of carboxylic acid groups (broad SMARTS) is 1. The third-order valence-electron chi connectivity index (χ3n) is 2.65. The van der Waals surface area contributed by atoms with E-state index < -0.39 is 5.97 Å². The number of hydrogen-bond acceptors (Lipinski definition) is 1. The molecular weight excluding hydrogens is 200 g/mol. The van der Waals surface area contributed by atoms with Crippen LogP contribution in [0.1, 0.15) is 71.1 Å². The van der Waals surface area contributed by atoms with E-state index in [4.69, 9.17) is 5.11 Å². The second kappa shape index (κ2) is 12.3. The topological polar surface area (TPSA) is 37.3 Å². The summed E-state index contributed by atoms with van der Waals surface area (Å²) in [6.07, 6.45) is 15.4. The highest BCUT2D eigenvalue weighted by molar-refractivity contribution is 5.66. The van der Waals surface area contributed by atoms with E-state index in [1.54, 1.807) is 0 Å². The van der Waals surface area contributed by atoms with Gasteiger partial charge in [0.2, 0.25) is 0 Å². The Morgan fingerprint density at radius 3 is 2.12 bits per heavy atom. The van der Waals surface area contributed by atoms with E-state index in [1.807, 2.05) is 0 Å². The average Bonchev–Trinajstić information content (AvgIpc) is 2.25. The van der Waals surface area contributed by atoms with Crippen molar-refractivity contribution in [2.24, 2.45) is 0 Å². The lowest BCUT2D eigenvalue weighted by Gasteiger charge is -1.98. The molecule has 0 heterocycles. The Labute approximate surface area is 99.7 Å². The molecule has 1 N–H and O–H groups in total. The predicted molar refractivity (Wildman–Crippen MR) is 68.6 cm³/mol. The lowest BCUT2D eigenvalue weighted by atomic mass is 10.1. The Hall–Kier alpha value is -0.790. The van der Waals surface area contributed by atoms with Gasteiger partial charge in [0, 0.05) is 6.42 Å². The molecule has 0 spiro atoms. The first-order valence-corrected chi connectivity index (χ1v) is 6.64. The lowest BCUT2D eigenvalue weighted by Crippen LogP contribution is -1.93. The summed E-state index contributed by atoms with van der Waals surface area (Å²) in [6.45, 7) is 2.21. The molecular formula is C14H26O2. The van der Waals surface area contributed by atoms with E-state index in [9.17, 15) is 4.79 Å². The van der Waals surface area contributed by atoms with Crippen molar-refractivity contribution < 1.29 is 9.90 Å². The molecule has 2 heteroatoms. The first-order valence-electron chi connectivity index (χ1n) is 6.64. The first-order chi connectivity index (χ1) is 7.77. The van der Waals surface area contributed by atoms with E-state index in [0.29, 0.717) is 6.42 Å². The fourth-order valence-electron chi connectivity index (χ4n) is 1.63. The van der Waals surface area contributed by atoms with Crippen molar-refractivity contribution in [2.45, 2.75) is 71.1 Å². The van der Waals surface area contributed by atoms with Gasteiger partial charge in [-0.15, -0.1) is 0 Å². The van der Waals surface area contributed by atoms with Gasteiger partial charge in [-0.1, -0.05) is 51.2 Å².